The van der Waals surface area contributed by atoms with Gasteiger partial charge in [-0.1, -0.05) is 29.4 Å². The lowest BCUT2D eigenvalue weighted by Gasteiger charge is -2.14. The van der Waals surface area contributed by atoms with E-state index in [2.05, 4.69) is 20.5 Å². The lowest BCUT2D eigenvalue weighted by atomic mass is 10.2. The first-order chi connectivity index (χ1) is 16.5. The van der Waals surface area contributed by atoms with E-state index in [1.807, 2.05) is 41.8 Å². The SMILES string of the molecule is COc1cc(NC(=O)CSc2nnc(-c3ccncc3)n2-c2cccc(Cl)c2C)cc(OC)c1. The summed E-state index contributed by atoms with van der Waals surface area (Å²) in [5, 5.41) is 12.8. The van der Waals surface area contributed by atoms with Gasteiger partial charge in [0.05, 0.1) is 25.7 Å². The molecule has 0 aliphatic carbocycles. The van der Waals surface area contributed by atoms with Crippen LogP contribution in [0.3, 0.4) is 0 Å². The fourth-order valence-electron chi connectivity index (χ4n) is 3.31. The Morgan fingerprint density at radius 1 is 1.06 bits per heavy atom. The minimum absolute atomic E-state index is 0.119. The third-order valence-electron chi connectivity index (χ3n) is 5.02. The number of thioether (sulfide) groups is 1. The van der Waals surface area contributed by atoms with Crippen LogP contribution in [0.2, 0.25) is 5.02 Å². The number of aromatic nitrogens is 4. The van der Waals surface area contributed by atoms with E-state index in [1.54, 1.807) is 44.8 Å². The topological polar surface area (TPSA) is 91.2 Å². The Bertz CT molecular complexity index is 1290. The number of benzene rings is 2. The summed E-state index contributed by atoms with van der Waals surface area (Å²) in [6.45, 7) is 1.94. The van der Waals surface area contributed by atoms with Crippen LogP contribution in [-0.4, -0.2) is 45.6 Å². The second kappa shape index (κ2) is 10.6. The molecule has 4 rings (SSSR count). The molecule has 0 radical (unpaired) electrons. The molecule has 10 heteroatoms. The number of carbonyl (C=O) groups is 1. The molecule has 0 spiro atoms. The maximum Gasteiger partial charge on any atom is 0.234 e. The number of nitrogens with zero attached hydrogens (tertiary/aromatic N) is 4. The molecule has 2 aromatic carbocycles. The molecule has 34 heavy (non-hydrogen) atoms. The van der Waals surface area contributed by atoms with E-state index in [0.717, 1.165) is 16.8 Å². The van der Waals surface area contributed by atoms with E-state index in [9.17, 15) is 4.79 Å². The van der Waals surface area contributed by atoms with Gasteiger partial charge in [-0.15, -0.1) is 10.2 Å². The van der Waals surface area contributed by atoms with Crippen LogP contribution in [0.25, 0.3) is 17.1 Å². The number of pyridine rings is 1. The van der Waals surface area contributed by atoms with Gasteiger partial charge in [0.15, 0.2) is 11.0 Å². The highest BCUT2D eigenvalue weighted by atomic mass is 35.5. The summed E-state index contributed by atoms with van der Waals surface area (Å²) in [6, 6.07) is 14.6. The lowest BCUT2D eigenvalue weighted by molar-refractivity contribution is -0.113. The molecular weight excluding hydrogens is 474 g/mol. The van der Waals surface area contributed by atoms with Crippen molar-refractivity contribution in [3.8, 4) is 28.6 Å². The van der Waals surface area contributed by atoms with Gasteiger partial charge in [-0.2, -0.15) is 0 Å². The maximum atomic E-state index is 12.7. The molecule has 0 aliphatic rings. The molecule has 0 fully saturated rings. The minimum atomic E-state index is -0.205. The zero-order chi connectivity index (χ0) is 24.1. The summed E-state index contributed by atoms with van der Waals surface area (Å²) in [4.78, 5) is 16.8. The summed E-state index contributed by atoms with van der Waals surface area (Å²) in [5.41, 5.74) is 3.15. The Labute approximate surface area is 206 Å². The number of hydrogen-bond donors (Lipinski definition) is 1. The molecule has 0 bridgehead atoms. The van der Waals surface area contributed by atoms with Crippen molar-refractivity contribution in [3.63, 3.8) is 0 Å². The van der Waals surface area contributed by atoms with E-state index >= 15 is 0 Å². The van der Waals surface area contributed by atoms with Gasteiger partial charge in [0.25, 0.3) is 0 Å². The highest BCUT2D eigenvalue weighted by Gasteiger charge is 2.19. The molecule has 4 aromatic rings. The number of ether oxygens (including phenoxy) is 2. The van der Waals surface area contributed by atoms with E-state index < -0.39 is 0 Å². The number of methoxy groups -OCH3 is 2. The predicted octanol–water partition coefficient (Wildman–Crippen LogP) is 5.04. The summed E-state index contributed by atoms with van der Waals surface area (Å²) in [7, 11) is 3.11. The summed E-state index contributed by atoms with van der Waals surface area (Å²) >= 11 is 7.67. The number of hydrogen-bond acceptors (Lipinski definition) is 7. The van der Waals surface area contributed by atoms with Crippen LogP contribution < -0.4 is 14.8 Å². The molecule has 174 valence electrons. The van der Waals surface area contributed by atoms with Crippen molar-refractivity contribution in [1.29, 1.82) is 0 Å². The Balaban J connectivity index is 1.61. The molecule has 1 N–H and O–H groups in total. The average molecular weight is 496 g/mol. The number of carbonyl (C=O) groups excluding carboxylic acids is 1. The van der Waals surface area contributed by atoms with Gasteiger partial charge in [-0.05, 0) is 36.8 Å². The molecule has 0 aliphatic heterocycles. The third kappa shape index (κ3) is 5.16. The largest absolute Gasteiger partial charge is 0.497 e. The molecule has 8 nitrogen and oxygen atoms in total. The average Bonchev–Trinajstić information content (AvgIpc) is 3.28. The number of halogens is 1. The quantitative estimate of drug-likeness (QED) is 0.342. The van der Waals surface area contributed by atoms with Gasteiger partial charge in [-0.25, -0.2) is 0 Å². The van der Waals surface area contributed by atoms with E-state index in [0.29, 0.717) is 33.2 Å². The highest BCUT2D eigenvalue weighted by Crippen LogP contribution is 2.32. The predicted molar refractivity (Wildman–Crippen MR) is 133 cm³/mol. The van der Waals surface area contributed by atoms with Crippen LogP contribution in [0.5, 0.6) is 11.5 Å². The van der Waals surface area contributed by atoms with Gasteiger partial charge in [0, 0.05) is 46.9 Å². The normalized spacial score (nSPS) is 10.7. The van der Waals surface area contributed by atoms with E-state index in [-0.39, 0.29) is 11.7 Å². The molecule has 2 heterocycles. The van der Waals surface area contributed by atoms with Gasteiger partial charge in [0.2, 0.25) is 5.91 Å². The van der Waals surface area contributed by atoms with Crippen molar-refractivity contribution < 1.29 is 14.3 Å². The Kier molecular flexibility index (Phi) is 7.34. The monoisotopic (exact) mass is 495 g/mol. The Hall–Kier alpha value is -3.56. The first kappa shape index (κ1) is 23.6. The van der Waals surface area contributed by atoms with Crippen LogP contribution in [0.15, 0.2) is 66.1 Å². The van der Waals surface area contributed by atoms with Crippen LogP contribution >= 0.6 is 23.4 Å². The molecule has 1 amide bonds. The van der Waals surface area contributed by atoms with Crippen molar-refractivity contribution in [2.75, 3.05) is 25.3 Å². The van der Waals surface area contributed by atoms with E-state index in [4.69, 9.17) is 21.1 Å². The fraction of sp³-hybridized carbons (Fsp3) is 0.167. The second-order valence-corrected chi connectivity index (χ2v) is 8.55. The van der Waals surface area contributed by atoms with Crippen LogP contribution in [0.4, 0.5) is 5.69 Å². The van der Waals surface area contributed by atoms with Crippen LogP contribution in [0.1, 0.15) is 5.56 Å². The van der Waals surface area contributed by atoms with Gasteiger partial charge < -0.3 is 14.8 Å². The van der Waals surface area contributed by atoms with E-state index in [1.165, 1.54) is 11.8 Å². The molecular formula is C24H22ClN5O3S. The Morgan fingerprint density at radius 2 is 1.76 bits per heavy atom. The fourth-order valence-corrected chi connectivity index (χ4v) is 4.23. The smallest absolute Gasteiger partial charge is 0.234 e. The highest BCUT2D eigenvalue weighted by molar-refractivity contribution is 7.99. The number of amides is 1. The molecule has 2 aromatic heterocycles. The van der Waals surface area contributed by atoms with Crippen molar-refractivity contribution in [2.45, 2.75) is 12.1 Å². The number of nitrogens with one attached hydrogen (secondary N) is 1. The first-order valence-corrected chi connectivity index (χ1v) is 11.6. The van der Waals surface area contributed by atoms with Crippen molar-refractivity contribution >= 4 is 35.0 Å². The standard InChI is InChI=1S/C24H22ClN5O3S/c1-15-20(25)5-4-6-21(15)30-23(16-7-9-26-10-8-16)28-29-24(30)34-14-22(31)27-17-11-18(32-2)13-19(12-17)33-3/h4-13H,14H2,1-3H3,(H,27,31). The van der Waals surface area contributed by atoms with Crippen LogP contribution in [0, 0.1) is 6.92 Å². The zero-order valence-corrected chi connectivity index (χ0v) is 20.4. The van der Waals surface area contributed by atoms with Gasteiger partial charge >= 0.3 is 0 Å². The van der Waals surface area contributed by atoms with Gasteiger partial charge in [0.1, 0.15) is 11.5 Å². The molecule has 0 saturated carbocycles. The lowest BCUT2D eigenvalue weighted by Crippen LogP contribution is -2.15. The van der Waals surface area contributed by atoms with Crippen molar-refractivity contribution in [2.24, 2.45) is 0 Å². The maximum absolute atomic E-state index is 12.7. The van der Waals surface area contributed by atoms with Crippen LogP contribution in [-0.2, 0) is 4.79 Å². The second-order valence-electron chi connectivity index (χ2n) is 7.20. The van der Waals surface area contributed by atoms with Gasteiger partial charge in [-0.3, -0.25) is 14.3 Å². The van der Waals surface area contributed by atoms with Crippen molar-refractivity contribution in [1.82, 2.24) is 19.7 Å². The summed E-state index contributed by atoms with van der Waals surface area (Å²) < 4.78 is 12.4. The third-order valence-corrected chi connectivity index (χ3v) is 6.36. The summed E-state index contributed by atoms with van der Waals surface area (Å²) in [6.07, 6.45) is 3.39. The molecule has 0 saturated heterocycles. The Morgan fingerprint density at radius 3 is 2.44 bits per heavy atom. The van der Waals surface area contributed by atoms with Crippen molar-refractivity contribution in [3.05, 3.63) is 71.5 Å². The first-order valence-electron chi connectivity index (χ1n) is 10.3. The molecule has 0 unspecified atom stereocenters. The number of anilines is 1. The molecule has 0 atom stereocenters. The summed E-state index contributed by atoms with van der Waals surface area (Å²) in [5.74, 6) is 1.71. The zero-order valence-electron chi connectivity index (χ0n) is 18.8. The number of rotatable bonds is 8. The minimum Gasteiger partial charge on any atom is -0.497 e.